The molecule has 3 rings (SSSR count). The Labute approximate surface area is 124 Å². The van der Waals surface area contributed by atoms with Crippen molar-refractivity contribution in [2.24, 2.45) is 5.73 Å². The van der Waals surface area contributed by atoms with Crippen LogP contribution >= 0.6 is 0 Å². The number of hydrogen-bond acceptors (Lipinski definition) is 1. The van der Waals surface area contributed by atoms with Gasteiger partial charge in [-0.3, -0.25) is 0 Å². The molecule has 0 spiro atoms. The molecule has 0 unspecified atom stereocenters. The summed E-state index contributed by atoms with van der Waals surface area (Å²) in [7, 11) is 0. The maximum absolute atomic E-state index is 13.6. The van der Waals surface area contributed by atoms with Gasteiger partial charge in [-0.25, -0.2) is 4.39 Å². The molecular weight excluding hydrogens is 263 g/mol. The van der Waals surface area contributed by atoms with Crippen LogP contribution in [-0.2, 0) is 13.0 Å². The molecule has 2 N–H and O–H groups in total. The largest absolute Gasteiger partial charge is 0.340 e. The molecule has 0 atom stereocenters. The van der Waals surface area contributed by atoms with Gasteiger partial charge in [-0.1, -0.05) is 30.3 Å². The lowest BCUT2D eigenvalue weighted by molar-refractivity contribution is 0.629. The quantitative estimate of drug-likeness (QED) is 0.778. The van der Waals surface area contributed by atoms with E-state index in [1.165, 1.54) is 17.3 Å². The lowest BCUT2D eigenvalue weighted by Gasteiger charge is -2.09. The fraction of sp³-hybridized carbons (Fsp3) is 0.222. The van der Waals surface area contributed by atoms with E-state index < -0.39 is 0 Å². The number of rotatable bonds is 4. The fourth-order valence-corrected chi connectivity index (χ4v) is 2.95. The predicted molar refractivity (Wildman–Crippen MR) is 84.9 cm³/mol. The van der Waals surface area contributed by atoms with E-state index in [0.29, 0.717) is 6.54 Å². The third kappa shape index (κ3) is 2.57. The highest BCUT2D eigenvalue weighted by Crippen LogP contribution is 2.28. The Bertz CT molecular complexity index is 760. The molecule has 0 radical (unpaired) electrons. The predicted octanol–water partition coefficient (Wildman–Crippen LogP) is 3.64. The summed E-state index contributed by atoms with van der Waals surface area (Å²) in [6.45, 7) is 3.45. The van der Waals surface area contributed by atoms with Crippen LogP contribution in [-0.4, -0.2) is 11.1 Å². The first-order valence-corrected chi connectivity index (χ1v) is 7.22. The summed E-state index contributed by atoms with van der Waals surface area (Å²) in [4.78, 5) is 0. The molecule has 2 nitrogen and oxygen atoms in total. The molecule has 0 aliphatic heterocycles. The minimum Gasteiger partial charge on any atom is -0.340 e. The highest BCUT2D eigenvalue weighted by Gasteiger charge is 2.14. The van der Waals surface area contributed by atoms with E-state index in [1.54, 1.807) is 6.07 Å². The van der Waals surface area contributed by atoms with E-state index in [4.69, 9.17) is 5.73 Å². The molecule has 2 aromatic carbocycles. The molecular formula is C18H19FN2. The average molecular weight is 282 g/mol. The Hall–Kier alpha value is -2.13. The Morgan fingerprint density at radius 1 is 1.10 bits per heavy atom. The Morgan fingerprint density at radius 3 is 2.57 bits per heavy atom. The number of aromatic nitrogens is 1. The van der Waals surface area contributed by atoms with Gasteiger partial charge in [0.15, 0.2) is 0 Å². The second-order valence-corrected chi connectivity index (χ2v) is 5.34. The van der Waals surface area contributed by atoms with Gasteiger partial charge >= 0.3 is 0 Å². The van der Waals surface area contributed by atoms with Crippen LogP contribution in [0.2, 0.25) is 0 Å². The van der Waals surface area contributed by atoms with Crippen molar-refractivity contribution in [1.82, 2.24) is 4.57 Å². The molecule has 0 saturated heterocycles. The normalized spacial score (nSPS) is 11.2. The third-order valence-electron chi connectivity index (χ3n) is 3.99. The van der Waals surface area contributed by atoms with Crippen molar-refractivity contribution in [2.75, 3.05) is 6.54 Å². The van der Waals surface area contributed by atoms with Gasteiger partial charge in [0, 0.05) is 23.1 Å². The van der Waals surface area contributed by atoms with Gasteiger partial charge in [0.2, 0.25) is 0 Å². The zero-order valence-corrected chi connectivity index (χ0v) is 12.1. The van der Waals surface area contributed by atoms with E-state index in [2.05, 4.69) is 23.6 Å². The zero-order valence-electron chi connectivity index (χ0n) is 12.1. The van der Waals surface area contributed by atoms with E-state index in [1.807, 2.05) is 24.3 Å². The molecule has 1 heterocycles. The van der Waals surface area contributed by atoms with Crippen molar-refractivity contribution in [1.29, 1.82) is 0 Å². The standard InChI is InChI=1S/C18H19FN2/c1-13-16(9-10-20)17-11-15(19)7-8-18(17)21(13)12-14-5-3-2-4-6-14/h2-8,11H,9-10,12,20H2,1H3. The van der Waals surface area contributed by atoms with Crippen molar-refractivity contribution in [2.45, 2.75) is 19.9 Å². The van der Waals surface area contributed by atoms with Gasteiger partial charge in [-0.2, -0.15) is 0 Å². The number of nitrogens with two attached hydrogens (primary N) is 1. The number of nitrogens with zero attached hydrogens (tertiary/aromatic N) is 1. The Morgan fingerprint density at radius 2 is 1.86 bits per heavy atom. The molecule has 3 aromatic rings. The average Bonchev–Trinajstić information content (AvgIpc) is 2.74. The van der Waals surface area contributed by atoms with Crippen LogP contribution in [0.1, 0.15) is 16.8 Å². The van der Waals surface area contributed by atoms with Crippen molar-refractivity contribution in [3.05, 3.63) is 71.2 Å². The van der Waals surface area contributed by atoms with Crippen molar-refractivity contribution >= 4 is 10.9 Å². The number of fused-ring (bicyclic) bond motifs is 1. The van der Waals surface area contributed by atoms with Crippen molar-refractivity contribution < 1.29 is 4.39 Å². The van der Waals surface area contributed by atoms with Crippen LogP contribution in [0.5, 0.6) is 0 Å². The van der Waals surface area contributed by atoms with E-state index in [-0.39, 0.29) is 5.82 Å². The van der Waals surface area contributed by atoms with Crippen LogP contribution in [0, 0.1) is 12.7 Å². The highest BCUT2D eigenvalue weighted by molar-refractivity contribution is 5.85. The monoisotopic (exact) mass is 282 g/mol. The summed E-state index contributed by atoms with van der Waals surface area (Å²) in [5, 5.41) is 0.980. The maximum Gasteiger partial charge on any atom is 0.123 e. The molecule has 1 aromatic heterocycles. The summed E-state index contributed by atoms with van der Waals surface area (Å²) >= 11 is 0. The lowest BCUT2D eigenvalue weighted by atomic mass is 10.1. The molecule has 0 aliphatic carbocycles. The summed E-state index contributed by atoms with van der Waals surface area (Å²) in [6.07, 6.45) is 0.771. The summed E-state index contributed by atoms with van der Waals surface area (Å²) in [5.41, 5.74) is 10.4. The SMILES string of the molecule is Cc1c(CCN)c2cc(F)ccc2n1Cc1ccccc1. The van der Waals surface area contributed by atoms with Crippen LogP contribution in [0.4, 0.5) is 4.39 Å². The first-order chi connectivity index (χ1) is 10.2. The molecule has 0 amide bonds. The molecule has 21 heavy (non-hydrogen) atoms. The van der Waals surface area contributed by atoms with Crippen LogP contribution in [0.3, 0.4) is 0 Å². The van der Waals surface area contributed by atoms with Gasteiger partial charge in [0.1, 0.15) is 5.82 Å². The Balaban J connectivity index is 2.15. The second kappa shape index (κ2) is 5.70. The van der Waals surface area contributed by atoms with Crippen molar-refractivity contribution in [3.63, 3.8) is 0 Å². The van der Waals surface area contributed by atoms with Crippen LogP contribution < -0.4 is 5.73 Å². The zero-order chi connectivity index (χ0) is 14.8. The summed E-state index contributed by atoms with van der Waals surface area (Å²) in [6, 6.07) is 15.3. The molecule has 0 saturated carbocycles. The molecule has 3 heteroatoms. The van der Waals surface area contributed by atoms with Crippen molar-refractivity contribution in [3.8, 4) is 0 Å². The van der Waals surface area contributed by atoms with Gasteiger partial charge in [0.25, 0.3) is 0 Å². The summed E-state index contributed by atoms with van der Waals surface area (Å²) in [5.74, 6) is -0.197. The van der Waals surface area contributed by atoms with Gasteiger partial charge in [0.05, 0.1) is 0 Å². The molecule has 108 valence electrons. The third-order valence-corrected chi connectivity index (χ3v) is 3.99. The van der Waals surface area contributed by atoms with E-state index in [0.717, 1.165) is 29.4 Å². The molecule has 0 bridgehead atoms. The molecule has 0 aliphatic rings. The maximum atomic E-state index is 13.6. The fourth-order valence-electron chi connectivity index (χ4n) is 2.95. The van der Waals surface area contributed by atoms with Gasteiger partial charge in [-0.05, 0) is 49.2 Å². The highest BCUT2D eigenvalue weighted by atomic mass is 19.1. The number of benzene rings is 2. The summed E-state index contributed by atoms with van der Waals surface area (Å²) < 4.78 is 15.8. The number of halogens is 1. The first kappa shape index (κ1) is 13.8. The minimum atomic E-state index is -0.197. The lowest BCUT2D eigenvalue weighted by Crippen LogP contribution is -2.05. The van der Waals surface area contributed by atoms with Crippen LogP contribution in [0.25, 0.3) is 10.9 Å². The van der Waals surface area contributed by atoms with Gasteiger partial charge < -0.3 is 10.3 Å². The van der Waals surface area contributed by atoms with E-state index >= 15 is 0 Å². The molecule has 0 fully saturated rings. The van der Waals surface area contributed by atoms with E-state index in [9.17, 15) is 4.39 Å². The number of hydrogen-bond donors (Lipinski definition) is 1. The Kier molecular flexibility index (Phi) is 3.76. The topological polar surface area (TPSA) is 30.9 Å². The first-order valence-electron chi connectivity index (χ1n) is 7.22. The van der Waals surface area contributed by atoms with Crippen LogP contribution in [0.15, 0.2) is 48.5 Å². The smallest absolute Gasteiger partial charge is 0.123 e. The second-order valence-electron chi connectivity index (χ2n) is 5.34. The minimum absolute atomic E-state index is 0.197. The van der Waals surface area contributed by atoms with Gasteiger partial charge in [-0.15, -0.1) is 0 Å².